The summed E-state index contributed by atoms with van der Waals surface area (Å²) in [6.07, 6.45) is -1.67. The van der Waals surface area contributed by atoms with Crippen molar-refractivity contribution < 1.29 is 55.5 Å². The van der Waals surface area contributed by atoms with Crippen molar-refractivity contribution in [2.24, 2.45) is 0 Å². The minimum atomic E-state index is -5.64. The third-order valence-electron chi connectivity index (χ3n) is 3.84. The number of phosphoric ester groups is 1. The van der Waals surface area contributed by atoms with E-state index in [0.717, 1.165) is 0 Å². The third-order valence-corrected chi connectivity index (χ3v) is 7.64. The standard InChI is InChI=1S/C11H17FN5O11P3/c1-13-9-8-10(15-4-14-9)17(5-16-8)11-7(12)2-6(26-11)3-25-30(21,22)28-31(23,24)27-29(18,19)20/h4-7,11H,2-3H2,1H3,(H,21,22)(H,23,24)(H,13,14,15)(H2,18,19,20). The molecule has 0 spiro atoms. The first-order chi connectivity index (χ1) is 14.3. The molecule has 0 amide bonds. The smallest absolute Gasteiger partial charge is 0.371 e. The molecular weight excluding hydrogens is 490 g/mol. The van der Waals surface area contributed by atoms with E-state index in [0.29, 0.717) is 11.3 Å². The summed E-state index contributed by atoms with van der Waals surface area (Å²) in [6, 6.07) is 0. The fraction of sp³-hybridized carbons (Fsp3) is 0.545. The molecule has 2 aromatic rings. The number of phosphoric acid groups is 3. The average Bonchev–Trinajstić information content (AvgIpc) is 3.19. The van der Waals surface area contributed by atoms with E-state index >= 15 is 0 Å². The number of ether oxygens (including phenoxy) is 1. The van der Waals surface area contributed by atoms with E-state index in [1.54, 1.807) is 7.05 Å². The maximum absolute atomic E-state index is 14.5. The lowest BCUT2D eigenvalue weighted by molar-refractivity contribution is -0.0346. The molecule has 3 heterocycles. The number of alkyl halides is 1. The second-order valence-electron chi connectivity index (χ2n) is 6.08. The molecule has 1 saturated heterocycles. The highest BCUT2D eigenvalue weighted by atomic mass is 31.3. The minimum Gasteiger partial charge on any atom is -0.371 e. The van der Waals surface area contributed by atoms with Gasteiger partial charge in [0.15, 0.2) is 17.7 Å². The van der Waals surface area contributed by atoms with E-state index in [1.165, 1.54) is 17.2 Å². The van der Waals surface area contributed by atoms with E-state index in [-0.39, 0.29) is 12.1 Å². The quantitative estimate of drug-likeness (QED) is 0.296. The summed E-state index contributed by atoms with van der Waals surface area (Å²) < 4.78 is 66.7. The Kier molecular flexibility index (Phi) is 6.96. The number of nitrogens with zero attached hydrogens (tertiary/aromatic N) is 4. The van der Waals surface area contributed by atoms with Gasteiger partial charge >= 0.3 is 23.5 Å². The fourth-order valence-corrected chi connectivity index (χ4v) is 5.80. The van der Waals surface area contributed by atoms with Crippen LogP contribution in [0.1, 0.15) is 12.6 Å². The van der Waals surface area contributed by atoms with E-state index < -0.39 is 48.6 Å². The zero-order valence-corrected chi connectivity index (χ0v) is 18.1. The summed E-state index contributed by atoms with van der Waals surface area (Å²) in [5.41, 5.74) is 0.623. The Labute approximate surface area is 172 Å². The van der Waals surface area contributed by atoms with Gasteiger partial charge in [-0.3, -0.25) is 9.09 Å². The number of aromatic nitrogens is 4. The van der Waals surface area contributed by atoms with Crippen molar-refractivity contribution in [3.63, 3.8) is 0 Å². The summed E-state index contributed by atoms with van der Waals surface area (Å²) in [7, 11) is -14.9. The normalized spacial score (nSPS) is 25.9. The van der Waals surface area contributed by atoms with E-state index in [2.05, 4.69) is 33.4 Å². The molecule has 5 unspecified atom stereocenters. The van der Waals surface area contributed by atoms with E-state index in [9.17, 15) is 23.0 Å². The first kappa shape index (κ1) is 24.3. The van der Waals surface area contributed by atoms with Crippen LogP contribution in [-0.2, 0) is 31.6 Å². The summed E-state index contributed by atoms with van der Waals surface area (Å²) in [5, 5.41) is 2.81. The molecule has 20 heteroatoms. The molecule has 1 fully saturated rings. The third kappa shape index (κ3) is 6.12. The fourth-order valence-electron chi connectivity index (χ4n) is 2.75. The van der Waals surface area contributed by atoms with Gasteiger partial charge in [0, 0.05) is 13.5 Å². The van der Waals surface area contributed by atoms with Crippen molar-refractivity contribution in [3.8, 4) is 0 Å². The van der Waals surface area contributed by atoms with E-state index in [4.69, 9.17) is 19.4 Å². The number of nitrogens with one attached hydrogen (secondary N) is 1. The van der Waals surface area contributed by atoms with Crippen LogP contribution < -0.4 is 5.32 Å². The molecule has 174 valence electrons. The number of hydrogen-bond donors (Lipinski definition) is 5. The summed E-state index contributed by atoms with van der Waals surface area (Å²) in [6.45, 7) is -0.760. The number of hydrogen-bond acceptors (Lipinski definition) is 11. The Balaban J connectivity index is 1.65. The van der Waals surface area contributed by atoms with Crippen molar-refractivity contribution in [3.05, 3.63) is 12.7 Å². The van der Waals surface area contributed by atoms with Crippen molar-refractivity contribution in [1.82, 2.24) is 19.5 Å². The maximum atomic E-state index is 14.5. The molecule has 5 N–H and O–H groups in total. The largest absolute Gasteiger partial charge is 0.490 e. The van der Waals surface area contributed by atoms with Crippen molar-refractivity contribution >= 4 is 40.4 Å². The Bertz CT molecular complexity index is 1090. The van der Waals surface area contributed by atoms with Gasteiger partial charge in [0.25, 0.3) is 0 Å². The van der Waals surface area contributed by atoms with Crippen LogP contribution in [0.2, 0.25) is 0 Å². The Morgan fingerprint density at radius 1 is 1.19 bits per heavy atom. The van der Waals surface area contributed by atoms with Crippen LogP contribution in [0.4, 0.5) is 10.2 Å². The second kappa shape index (κ2) is 8.89. The molecule has 0 aliphatic carbocycles. The van der Waals surface area contributed by atoms with Gasteiger partial charge in [-0.2, -0.15) is 8.62 Å². The monoisotopic (exact) mass is 507 g/mol. The highest BCUT2D eigenvalue weighted by Crippen LogP contribution is 2.66. The summed E-state index contributed by atoms with van der Waals surface area (Å²) in [4.78, 5) is 47.7. The van der Waals surface area contributed by atoms with Gasteiger partial charge in [-0.15, -0.1) is 0 Å². The highest BCUT2D eigenvalue weighted by molar-refractivity contribution is 7.66. The molecule has 3 rings (SSSR count). The van der Waals surface area contributed by atoms with Crippen LogP contribution in [-0.4, -0.2) is 65.0 Å². The van der Waals surface area contributed by atoms with Gasteiger partial charge in [-0.25, -0.2) is 33.0 Å². The van der Waals surface area contributed by atoms with Crippen molar-refractivity contribution in [1.29, 1.82) is 0 Å². The molecule has 1 aliphatic rings. The minimum absolute atomic E-state index is 0.264. The predicted octanol–water partition coefficient (Wildman–Crippen LogP) is 0.837. The molecule has 1 aliphatic heterocycles. The molecular formula is C11H17FN5O11P3. The zero-order chi connectivity index (χ0) is 23.0. The molecule has 0 saturated carbocycles. The zero-order valence-electron chi connectivity index (χ0n) is 15.5. The second-order valence-corrected chi connectivity index (χ2v) is 10.5. The topological polar surface area (TPSA) is 225 Å². The van der Waals surface area contributed by atoms with Gasteiger partial charge in [-0.1, -0.05) is 0 Å². The van der Waals surface area contributed by atoms with Crippen LogP contribution >= 0.6 is 23.5 Å². The number of rotatable bonds is 9. The first-order valence-electron chi connectivity index (χ1n) is 8.23. The molecule has 0 radical (unpaired) electrons. The lowest BCUT2D eigenvalue weighted by Gasteiger charge is -2.18. The highest BCUT2D eigenvalue weighted by Gasteiger charge is 2.43. The Morgan fingerprint density at radius 2 is 1.90 bits per heavy atom. The lowest BCUT2D eigenvalue weighted by atomic mass is 10.2. The van der Waals surface area contributed by atoms with Crippen molar-refractivity contribution in [2.45, 2.75) is 24.9 Å². The maximum Gasteiger partial charge on any atom is 0.490 e. The Morgan fingerprint density at radius 3 is 2.55 bits per heavy atom. The molecule has 16 nitrogen and oxygen atoms in total. The van der Waals surface area contributed by atoms with Crippen LogP contribution in [0.15, 0.2) is 12.7 Å². The van der Waals surface area contributed by atoms with Crippen LogP contribution in [0.25, 0.3) is 11.2 Å². The predicted molar refractivity (Wildman–Crippen MR) is 98.1 cm³/mol. The van der Waals surface area contributed by atoms with E-state index in [1.807, 2.05) is 0 Å². The van der Waals surface area contributed by atoms with Crippen LogP contribution in [0.3, 0.4) is 0 Å². The molecule has 2 aromatic heterocycles. The number of fused-ring (bicyclic) bond motifs is 1. The van der Waals surface area contributed by atoms with Gasteiger partial charge in [0.2, 0.25) is 0 Å². The number of imidazole rings is 1. The average molecular weight is 507 g/mol. The van der Waals surface area contributed by atoms with Gasteiger partial charge in [-0.05, 0) is 0 Å². The molecule has 5 atom stereocenters. The molecule has 0 aromatic carbocycles. The Hall–Kier alpha value is -1.35. The number of anilines is 1. The summed E-state index contributed by atoms with van der Waals surface area (Å²) in [5.74, 6) is 0.404. The van der Waals surface area contributed by atoms with Crippen molar-refractivity contribution in [2.75, 3.05) is 19.0 Å². The van der Waals surface area contributed by atoms with Crippen LogP contribution in [0, 0.1) is 0 Å². The number of halogens is 1. The lowest BCUT2D eigenvalue weighted by Crippen LogP contribution is -2.17. The summed E-state index contributed by atoms with van der Waals surface area (Å²) >= 11 is 0. The van der Waals surface area contributed by atoms with Gasteiger partial charge in [0.1, 0.15) is 18.0 Å². The first-order valence-corrected chi connectivity index (χ1v) is 12.8. The SMILES string of the molecule is CNc1ncnc2c1ncn2C1OC(COP(=O)(O)OP(=O)(O)OP(=O)(O)O)CC1F. The van der Waals surface area contributed by atoms with Gasteiger partial charge < -0.3 is 29.6 Å². The van der Waals surface area contributed by atoms with Gasteiger partial charge in [0.05, 0.1) is 19.0 Å². The van der Waals surface area contributed by atoms with Crippen LogP contribution in [0.5, 0.6) is 0 Å². The molecule has 0 bridgehead atoms. The molecule has 31 heavy (non-hydrogen) atoms.